The summed E-state index contributed by atoms with van der Waals surface area (Å²) in [6.45, 7) is -0.0521. The van der Waals surface area contributed by atoms with E-state index in [0.29, 0.717) is 0 Å². The van der Waals surface area contributed by atoms with Crippen LogP contribution in [0.5, 0.6) is 0 Å². The van der Waals surface area contributed by atoms with Crippen molar-refractivity contribution in [1.29, 1.82) is 0 Å². The van der Waals surface area contributed by atoms with Crippen molar-refractivity contribution in [3.8, 4) is 0 Å². The monoisotopic (exact) mass is 143 g/mol. The first kappa shape index (κ1) is 6.22. The van der Waals surface area contributed by atoms with Gasteiger partial charge < -0.3 is 9.90 Å². The summed E-state index contributed by atoms with van der Waals surface area (Å²) in [6, 6.07) is 0. The number of hydrogen-bond donors (Lipinski definition) is 0. The number of thiazole rings is 1. The molecule has 3 nitrogen and oxygen atoms in total. The number of hydrogen-bond acceptors (Lipinski definition) is 3. The first-order valence-corrected chi connectivity index (χ1v) is 3.34. The zero-order valence-corrected chi connectivity index (χ0v) is 5.43. The van der Waals surface area contributed by atoms with Gasteiger partial charge in [-0.2, -0.15) is 4.57 Å². The van der Waals surface area contributed by atoms with E-state index in [9.17, 15) is 9.90 Å². The molecule has 0 atom stereocenters. The largest absolute Gasteiger partial charge is 0.544 e. The lowest BCUT2D eigenvalue weighted by Crippen LogP contribution is -2.41. The molecule has 48 valence electrons. The number of rotatable bonds is 2. The van der Waals surface area contributed by atoms with Crippen molar-refractivity contribution in [2.75, 3.05) is 0 Å². The third-order valence-electron chi connectivity index (χ3n) is 0.839. The first-order chi connectivity index (χ1) is 4.29. The van der Waals surface area contributed by atoms with Crippen LogP contribution in [0.1, 0.15) is 0 Å². The molecule has 0 fully saturated rings. The van der Waals surface area contributed by atoms with E-state index in [0.717, 1.165) is 0 Å². The second-order valence-corrected chi connectivity index (χ2v) is 2.33. The maximum atomic E-state index is 9.94. The summed E-state index contributed by atoms with van der Waals surface area (Å²) in [6.07, 6.45) is 1.69. The SMILES string of the molecule is O=C([O-])C[n+]1ccsc1. The van der Waals surface area contributed by atoms with Gasteiger partial charge in [-0.3, -0.25) is 0 Å². The molecule has 1 heterocycles. The van der Waals surface area contributed by atoms with Crippen molar-refractivity contribution in [3.63, 3.8) is 0 Å². The molecular formula is C5H5NO2S. The Hall–Kier alpha value is -0.900. The molecule has 1 rings (SSSR count). The van der Waals surface area contributed by atoms with Crippen molar-refractivity contribution in [1.82, 2.24) is 0 Å². The Morgan fingerprint density at radius 2 is 2.56 bits per heavy atom. The Bertz CT molecular complexity index is 195. The zero-order valence-electron chi connectivity index (χ0n) is 4.61. The van der Waals surface area contributed by atoms with Crippen LogP contribution < -0.4 is 9.67 Å². The molecular weight excluding hydrogens is 138 g/mol. The van der Waals surface area contributed by atoms with Gasteiger partial charge in [0.05, 0.1) is 5.38 Å². The van der Waals surface area contributed by atoms with Crippen LogP contribution in [0.25, 0.3) is 0 Å². The molecule has 0 unspecified atom stereocenters. The predicted octanol–water partition coefficient (Wildman–Crippen LogP) is -1.21. The maximum absolute atomic E-state index is 9.94. The third-order valence-corrected chi connectivity index (χ3v) is 1.51. The molecule has 0 aliphatic carbocycles. The fraction of sp³-hybridized carbons (Fsp3) is 0.200. The fourth-order valence-corrected chi connectivity index (χ4v) is 1.10. The van der Waals surface area contributed by atoms with E-state index in [1.165, 1.54) is 11.3 Å². The third kappa shape index (κ3) is 1.81. The molecule has 1 aromatic heterocycles. The van der Waals surface area contributed by atoms with Crippen LogP contribution in [0.2, 0.25) is 0 Å². The fourth-order valence-electron chi connectivity index (χ4n) is 0.501. The molecule has 0 aliphatic heterocycles. The van der Waals surface area contributed by atoms with Gasteiger partial charge in [0.2, 0.25) is 5.51 Å². The Labute approximate surface area is 56.2 Å². The van der Waals surface area contributed by atoms with Crippen LogP contribution in [-0.2, 0) is 11.3 Å². The quantitative estimate of drug-likeness (QED) is 0.487. The minimum atomic E-state index is -1.06. The molecule has 0 amide bonds. The predicted molar refractivity (Wildman–Crippen MR) is 29.5 cm³/mol. The molecule has 0 spiro atoms. The van der Waals surface area contributed by atoms with Gasteiger partial charge in [0.25, 0.3) is 0 Å². The normalized spacial score (nSPS) is 9.33. The molecule has 0 bridgehead atoms. The summed E-state index contributed by atoms with van der Waals surface area (Å²) in [5.41, 5.74) is 1.72. The molecule has 0 saturated heterocycles. The maximum Gasteiger partial charge on any atom is 0.225 e. The van der Waals surface area contributed by atoms with Gasteiger partial charge in [-0.1, -0.05) is 11.3 Å². The average Bonchev–Trinajstić information content (AvgIpc) is 2.15. The van der Waals surface area contributed by atoms with Crippen LogP contribution in [-0.4, -0.2) is 5.97 Å². The zero-order chi connectivity index (χ0) is 6.69. The van der Waals surface area contributed by atoms with Gasteiger partial charge in [0.1, 0.15) is 5.97 Å². The van der Waals surface area contributed by atoms with E-state index in [4.69, 9.17) is 0 Å². The average molecular weight is 143 g/mol. The molecule has 0 N–H and O–H groups in total. The highest BCUT2D eigenvalue weighted by molar-refractivity contribution is 7.07. The topological polar surface area (TPSA) is 44.0 Å². The van der Waals surface area contributed by atoms with Crippen molar-refractivity contribution in [2.24, 2.45) is 0 Å². The van der Waals surface area contributed by atoms with E-state index in [1.807, 2.05) is 5.38 Å². The molecule has 1 aromatic rings. The van der Waals surface area contributed by atoms with E-state index < -0.39 is 5.97 Å². The van der Waals surface area contributed by atoms with Crippen LogP contribution >= 0.6 is 11.3 Å². The van der Waals surface area contributed by atoms with Gasteiger partial charge in [-0.25, -0.2) is 0 Å². The number of aromatic nitrogens is 1. The molecule has 4 heteroatoms. The van der Waals surface area contributed by atoms with Gasteiger partial charge in [0.15, 0.2) is 12.7 Å². The summed E-state index contributed by atoms with van der Waals surface area (Å²) < 4.78 is 1.56. The van der Waals surface area contributed by atoms with Gasteiger partial charge in [-0.15, -0.1) is 0 Å². The van der Waals surface area contributed by atoms with Crippen LogP contribution in [0.4, 0.5) is 0 Å². The van der Waals surface area contributed by atoms with Crippen molar-refractivity contribution in [3.05, 3.63) is 17.1 Å². The summed E-state index contributed by atoms with van der Waals surface area (Å²) >= 11 is 1.45. The molecule has 0 saturated carbocycles. The Morgan fingerprint density at radius 3 is 3.00 bits per heavy atom. The lowest BCUT2D eigenvalue weighted by atomic mass is 10.6. The highest BCUT2D eigenvalue weighted by Gasteiger charge is 1.97. The number of carbonyl (C=O) groups is 1. The van der Waals surface area contributed by atoms with Crippen molar-refractivity contribution >= 4 is 17.3 Å². The van der Waals surface area contributed by atoms with Gasteiger partial charge in [-0.05, 0) is 0 Å². The first-order valence-electron chi connectivity index (χ1n) is 2.40. The molecule has 0 aliphatic rings. The van der Waals surface area contributed by atoms with Crippen molar-refractivity contribution < 1.29 is 14.5 Å². The number of nitrogens with zero attached hydrogens (tertiary/aromatic N) is 1. The molecule has 0 aromatic carbocycles. The number of carbonyl (C=O) groups excluding carboxylic acids is 1. The second kappa shape index (κ2) is 2.59. The van der Waals surface area contributed by atoms with E-state index in [2.05, 4.69) is 0 Å². The highest BCUT2D eigenvalue weighted by atomic mass is 32.1. The summed E-state index contributed by atoms with van der Waals surface area (Å²) in [7, 11) is 0. The van der Waals surface area contributed by atoms with Gasteiger partial charge in [0, 0.05) is 0 Å². The molecule has 0 radical (unpaired) electrons. The standard InChI is InChI=1S/C5H5NO2S/c7-5(8)3-6-1-2-9-4-6/h1-2,4H,3H2. The summed E-state index contributed by atoms with van der Waals surface area (Å²) in [4.78, 5) is 9.94. The minimum Gasteiger partial charge on any atom is -0.544 e. The Kier molecular flexibility index (Phi) is 1.79. The van der Waals surface area contributed by atoms with Gasteiger partial charge >= 0.3 is 0 Å². The van der Waals surface area contributed by atoms with Crippen LogP contribution in [0.3, 0.4) is 0 Å². The Balaban J connectivity index is 2.58. The number of carboxylic acids is 1. The minimum absolute atomic E-state index is 0.0521. The smallest absolute Gasteiger partial charge is 0.225 e. The number of aliphatic carboxylic acids is 1. The molecule has 9 heavy (non-hydrogen) atoms. The number of carboxylic acid groups (broad SMARTS) is 1. The van der Waals surface area contributed by atoms with E-state index >= 15 is 0 Å². The Morgan fingerprint density at radius 1 is 1.78 bits per heavy atom. The van der Waals surface area contributed by atoms with Crippen molar-refractivity contribution in [2.45, 2.75) is 6.54 Å². The van der Waals surface area contributed by atoms with E-state index in [-0.39, 0.29) is 6.54 Å². The second-order valence-electron chi connectivity index (χ2n) is 1.57. The van der Waals surface area contributed by atoms with Crippen LogP contribution in [0, 0.1) is 0 Å². The summed E-state index contributed by atoms with van der Waals surface area (Å²) in [5.74, 6) is -1.06. The van der Waals surface area contributed by atoms with Crippen LogP contribution in [0.15, 0.2) is 17.1 Å². The lowest BCUT2D eigenvalue weighted by Gasteiger charge is -1.91. The lowest BCUT2D eigenvalue weighted by molar-refractivity contribution is -0.686. The highest BCUT2D eigenvalue weighted by Crippen LogP contribution is 1.86. The van der Waals surface area contributed by atoms with E-state index in [1.54, 1.807) is 16.3 Å². The summed E-state index contributed by atoms with van der Waals surface area (Å²) in [5, 5.41) is 11.7.